The number of benzene rings is 7. The first kappa shape index (κ1) is 26.3. The van der Waals surface area contributed by atoms with Crippen LogP contribution in [0.4, 0.5) is 0 Å². The second kappa shape index (κ2) is 9.31. The molecule has 0 atom stereocenters. The van der Waals surface area contributed by atoms with Crippen LogP contribution in [0.25, 0.3) is 82.5 Å². The van der Waals surface area contributed by atoms with Gasteiger partial charge in [0.15, 0.2) is 0 Å². The maximum absolute atomic E-state index is 13.9. The van der Waals surface area contributed by atoms with Crippen molar-refractivity contribution in [3.8, 4) is 27.9 Å². The van der Waals surface area contributed by atoms with Crippen molar-refractivity contribution in [3.05, 3.63) is 161 Å². The Morgan fingerprint density at radius 1 is 0.532 bits per heavy atom. The molecule has 2 aromatic heterocycles. The molecule has 2 heterocycles. The second-order valence-electron chi connectivity index (χ2n) is 13.3. The van der Waals surface area contributed by atoms with Gasteiger partial charge in [-0.3, -0.25) is 4.79 Å². The van der Waals surface area contributed by atoms with Gasteiger partial charge in [0.1, 0.15) is 11.2 Å². The summed E-state index contributed by atoms with van der Waals surface area (Å²) in [6.45, 7) is 4.64. The van der Waals surface area contributed by atoms with Crippen molar-refractivity contribution >= 4 is 54.5 Å². The summed E-state index contributed by atoms with van der Waals surface area (Å²) in [7, 11) is 0. The Kier molecular flexibility index (Phi) is 5.21. The molecule has 3 nitrogen and oxygen atoms in total. The highest BCUT2D eigenvalue weighted by Gasteiger charge is 2.36. The fraction of sp³-hybridized carbons (Fsp3) is 0.0682. The fourth-order valence-corrected chi connectivity index (χ4v) is 8.03. The van der Waals surface area contributed by atoms with E-state index < -0.39 is 0 Å². The van der Waals surface area contributed by atoms with E-state index in [4.69, 9.17) is 4.42 Å². The molecule has 0 N–H and O–H groups in total. The molecule has 0 radical (unpaired) electrons. The molecule has 0 bridgehead atoms. The Morgan fingerprint density at radius 3 is 2.21 bits per heavy atom. The molecule has 0 unspecified atom stereocenters. The van der Waals surface area contributed by atoms with Gasteiger partial charge in [0.2, 0.25) is 5.43 Å². The van der Waals surface area contributed by atoms with Gasteiger partial charge in [0.05, 0.1) is 21.8 Å². The van der Waals surface area contributed by atoms with Gasteiger partial charge in [-0.05, 0) is 81.1 Å². The third kappa shape index (κ3) is 3.60. The molecule has 7 aromatic carbocycles. The van der Waals surface area contributed by atoms with Crippen LogP contribution in [0, 0.1) is 0 Å². The zero-order chi connectivity index (χ0) is 31.4. The number of aromatic nitrogens is 1. The summed E-state index contributed by atoms with van der Waals surface area (Å²) in [5.74, 6) is 0. The molecule has 0 spiro atoms. The quantitative estimate of drug-likeness (QED) is 0.184. The first-order valence-corrected chi connectivity index (χ1v) is 16.1. The average Bonchev–Trinajstić information content (AvgIpc) is 3.55. The van der Waals surface area contributed by atoms with Crippen LogP contribution >= 0.6 is 0 Å². The van der Waals surface area contributed by atoms with E-state index in [1.54, 1.807) is 0 Å². The van der Waals surface area contributed by atoms with Crippen LogP contribution in [0.3, 0.4) is 0 Å². The minimum atomic E-state index is -0.115. The lowest BCUT2D eigenvalue weighted by atomic mass is 9.82. The van der Waals surface area contributed by atoms with E-state index in [-0.39, 0.29) is 10.8 Å². The Bertz CT molecular complexity index is 2850. The average molecular weight is 604 g/mol. The molecule has 9 aromatic rings. The van der Waals surface area contributed by atoms with Crippen molar-refractivity contribution in [1.29, 1.82) is 0 Å². The number of fused-ring (bicyclic) bond motifs is 9. The molecule has 222 valence electrons. The molecule has 3 heteroatoms. The van der Waals surface area contributed by atoms with Gasteiger partial charge < -0.3 is 8.98 Å². The maximum atomic E-state index is 13.9. The lowest BCUT2D eigenvalue weighted by Gasteiger charge is -2.21. The molecular formula is C44H29NO2. The highest BCUT2D eigenvalue weighted by molar-refractivity contribution is 6.12. The predicted molar refractivity (Wildman–Crippen MR) is 195 cm³/mol. The van der Waals surface area contributed by atoms with Crippen molar-refractivity contribution in [2.24, 2.45) is 0 Å². The molecule has 0 saturated carbocycles. The van der Waals surface area contributed by atoms with E-state index in [0.29, 0.717) is 21.9 Å². The van der Waals surface area contributed by atoms with E-state index in [1.165, 1.54) is 38.4 Å². The van der Waals surface area contributed by atoms with Crippen LogP contribution in [0.5, 0.6) is 0 Å². The van der Waals surface area contributed by atoms with Gasteiger partial charge in [-0.1, -0.05) is 105 Å². The SMILES string of the molecule is CC1(C)c2ccccc2-c2cc3c4ccccc4n(-c4ccc5c(=O)c6cccc(-c7ccc8ccccc8c7)c6oc5c4)c3cc21. The lowest BCUT2D eigenvalue weighted by molar-refractivity contribution is 0.660. The first-order chi connectivity index (χ1) is 23.0. The van der Waals surface area contributed by atoms with Crippen molar-refractivity contribution < 1.29 is 4.42 Å². The minimum absolute atomic E-state index is 0.0185. The van der Waals surface area contributed by atoms with E-state index in [0.717, 1.165) is 33.2 Å². The molecule has 47 heavy (non-hydrogen) atoms. The summed E-state index contributed by atoms with van der Waals surface area (Å²) in [6, 6.07) is 48.7. The normalized spacial score (nSPS) is 13.6. The van der Waals surface area contributed by atoms with Crippen LogP contribution in [0.1, 0.15) is 25.0 Å². The monoisotopic (exact) mass is 603 g/mol. The molecular weight excluding hydrogens is 574 g/mol. The van der Waals surface area contributed by atoms with Crippen molar-refractivity contribution in [1.82, 2.24) is 4.57 Å². The first-order valence-electron chi connectivity index (χ1n) is 16.1. The number of hydrogen-bond acceptors (Lipinski definition) is 2. The number of hydrogen-bond donors (Lipinski definition) is 0. The van der Waals surface area contributed by atoms with Gasteiger partial charge in [-0.15, -0.1) is 0 Å². The van der Waals surface area contributed by atoms with Gasteiger partial charge in [-0.25, -0.2) is 0 Å². The highest BCUT2D eigenvalue weighted by atomic mass is 16.3. The third-order valence-corrected chi connectivity index (χ3v) is 10.4. The van der Waals surface area contributed by atoms with Gasteiger partial charge >= 0.3 is 0 Å². The smallest absolute Gasteiger partial charge is 0.200 e. The lowest BCUT2D eigenvalue weighted by Crippen LogP contribution is -2.15. The summed E-state index contributed by atoms with van der Waals surface area (Å²) in [5.41, 5.74) is 11.5. The molecule has 10 rings (SSSR count). The van der Waals surface area contributed by atoms with Crippen molar-refractivity contribution in [2.75, 3.05) is 0 Å². The van der Waals surface area contributed by atoms with Gasteiger partial charge in [0.25, 0.3) is 0 Å². The van der Waals surface area contributed by atoms with Crippen molar-refractivity contribution in [3.63, 3.8) is 0 Å². The zero-order valence-corrected chi connectivity index (χ0v) is 26.0. The largest absolute Gasteiger partial charge is 0.455 e. The standard InChI is InChI=1S/C44H29NO2/c1-44(2)37-16-7-5-12-31(37)35-24-36-32-13-6-8-17-39(32)45(40(36)25-38(35)44)29-20-21-33-41(23-29)47-43-30(14-9-15-34(43)42(33)46)28-19-18-26-10-3-4-11-27(26)22-28/h3-25H,1-2H3. The van der Waals surface area contributed by atoms with Crippen LogP contribution in [-0.4, -0.2) is 4.57 Å². The minimum Gasteiger partial charge on any atom is -0.455 e. The maximum Gasteiger partial charge on any atom is 0.200 e. The van der Waals surface area contributed by atoms with Crippen molar-refractivity contribution in [2.45, 2.75) is 19.3 Å². The van der Waals surface area contributed by atoms with Gasteiger partial charge in [-0.2, -0.15) is 0 Å². The van der Waals surface area contributed by atoms with E-state index >= 15 is 0 Å². The van der Waals surface area contributed by atoms with Crippen LogP contribution in [0.15, 0.2) is 149 Å². The van der Waals surface area contributed by atoms with Crippen LogP contribution in [0.2, 0.25) is 0 Å². The van der Waals surface area contributed by atoms with Crippen LogP contribution < -0.4 is 5.43 Å². The molecule has 1 aliphatic rings. The highest BCUT2D eigenvalue weighted by Crippen LogP contribution is 2.51. The summed E-state index contributed by atoms with van der Waals surface area (Å²) < 4.78 is 9.05. The second-order valence-corrected chi connectivity index (χ2v) is 13.3. The summed E-state index contributed by atoms with van der Waals surface area (Å²) >= 11 is 0. The molecule has 0 fully saturated rings. The molecule has 1 aliphatic carbocycles. The third-order valence-electron chi connectivity index (χ3n) is 10.4. The predicted octanol–water partition coefficient (Wildman–Crippen LogP) is 11.2. The molecule has 0 aliphatic heterocycles. The fourth-order valence-electron chi connectivity index (χ4n) is 8.03. The topological polar surface area (TPSA) is 35.1 Å². The number of para-hydroxylation sites is 2. The zero-order valence-electron chi connectivity index (χ0n) is 26.0. The summed E-state index contributed by atoms with van der Waals surface area (Å²) in [4.78, 5) is 13.9. The Labute approximate surface area is 270 Å². The van der Waals surface area contributed by atoms with Crippen LogP contribution in [-0.2, 0) is 5.41 Å². The molecule has 0 saturated heterocycles. The van der Waals surface area contributed by atoms with E-state index in [2.05, 4.69) is 115 Å². The Morgan fingerprint density at radius 2 is 1.30 bits per heavy atom. The van der Waals surface area contributed by atoms with E-state index in [9.17, 15) is 4.79 Å². The van der Waals surface area contributed by atoms with E-state index in [1.807, 2.05) is 42.5 Å². The Hall–Kier alpha value is -5.93. The number of rotatable bonds is 2. The number of nitrogens with zero attached hydrogens (tertiary/aromatic N) is 1. The molecule has 0 amide bonds. The van der Waals surface area contributed by atoms with Gasteiger partial charge in [0, 0.05) is 33.5 Å². The summed E-state index contributed by atoms with van der Waals surface area (Å²) in [6.07, 6.45) is 0. The Balaban J connectivity index is 1.23. The summed E-state index contributed by atoms with van der Waals surface area (Å²) in [5, 5.41) is 5.91.